The first-order chi connectivity index (χ1) is 28.4. The van der Waals surface area contributed by atoms with Crippen LogP contribution < -0.4 is 31.2 Å². The van der Waals surface area contributed by atoms with Crippen molar-refractivity contribution in [2.75, 3.05) is 24.3 Å². The van der Waals surface area contributed by atoms with Crippen molar-refractivity contribution in [3.05, 3.63) is 116 Å². The Hall–Kier alpha value is -5.94. The highest BCUT2D eigenvalue weighted by atomic mass is 35.5. The Balaban J connectivity index is 0.000000230. The number of nitrogens with one attached hydrogen (secondary N) is 3. The first-order valence-electron chi connectivity index (χ1n) is 18.5. The van der Waals surface area contributed by atoms with Crippen LogP contribution in [0.4, 0.5) is 38.5 Å². The van der Waals surface area contributed by atoms with Crippen molar-refractivity contribution in [3.63, 3.8) is 0 Å². The normalized spacial score (nSPS) is 15.3. The zero-order valence-corrected chi connectivity index (χ0v) is 35.3. The van der Waals surface area contributed by atoms with Crippen LogP contribution in [-0.4, -0.2) is 53.6 Å². The third kappa shape index (κ3) is 13.5. The fourth-order valence-electron chi connectivity index (χ4n) is 5.78. The van der Waals surface area contributed by atoms with Crippen LogP contribution in [0.5, 0.6) is 11.5 Å². The van der Waals surface area contributed by atoms with Crippen LogP contribution in [0.15, 0.2) is 60.7 Å². The molecule has 0 bridgehead atoms. The standard InChI is InChI=1S/C21H21ClF2N2O4.C15H18FNO5.C6H5ClFN/c1-21(2,3)30-20(28)26-16-8-9-29-18-12(5-7-15(24)17(16)18)19(27)25-11-4-6-14(23)13(22)10-11;1-15(2,3)22-14(20)17-10-6-7-21-12-8(13(18)19)4-5-9(16)11(10)12;7-5-3-4(9)1-2-6(5)8/h4-7,10,16H,8-9H2,1-3H3,(H,25,27)(H,26,28);4-5,10H,6-7H2,1-3H3,(H,17,20)(H,18,19);1-3H,9H2/t16-;10-;/m00./s1. The number of benzene rings is 4. The van der Waals surface area contributed by atoms with Gasteiger partial charge in [0.25, 0.3) is 5.91 Å². The summed E-state index contributed by atoms with van der Waals surface area (Å²) in [7, 11) is 0. The number of nitrogen functional groups attached to an aromatic ring is 1. The molecule has 0 fully saturated rings. The molecule has 2 aliphatic heterocycles. The van der Waals surface area contributed by atoms with E-state index in [1.165, 1.54) is 36.4 Å². The van der Waals surface area contributed by atoms with E-state index < -0.39 is 70.6 Å². The number of carboxylic acids is 1. The number of hydrogen-bond acceptors (Lipinski definition) is 9. The van der Waals surface area contributed by atoms with E-state index in [9.17, 15) is 36.7 Å². The Kier molecular flexibility index (Phi) is 15.7. The van der Waals surface area contributed by atoms with Gasteiger partial charge in [-0.05, 0) is 102 Å². The average Bonchev–Trinajstić information content (AvgIpc) is 3.14. The Morgan fingerprint density at radius 2 is 1.10 bits per heavy atom. The maximum atomic E-state index is 14.6. The van der Waals surface area contributed by atoms with Gasteiger partial charge in [-0.2, -0.15) is 0 Å². The van der Waals surface area contributed by atoms with E-state index in [1.54, 1.807) is 41.5 Å². The lowest BCUT2D eigenvalue weighted by molar-refractivity contribution is 0.0476. The molecule has 0 radical (unpaired) electrons. The maximum Gasteiger partial charge on any atom is 0.408 e. The summed E-state index contributed by atoms with van der Waals surface area (Å²) in [4.78, 5) is 47.9. The molecule has 0 spiro atoms. The molecule has 2 aliphatic rings. The van der Waals surface area contributed by atoms with Crippen molar-refractivity contribution in [1.29, 1.82) is 0 Å². The molecular formula is C42H44Cl2F4N4O9. The first kappa shape index (κ1) is 47.7. The van der Waals surface area contributed by atoms with Gasteiger partial charge in [-0.25, -0.2) is 31.9 Å². The van der Waals surface area contributed by atoms with E-state index in [0.29, 0.717) is 18.5 Å². The minimum Gasteiger partial charge on any atom is -0.492 e. The SMILES string of the molecule is CC(C)(C)OC(=O)N[C@H]1CCOc2c(C(=O)Nc3ccc(F)c(Cl)c3)ccc(F)c21.CC(C)(C)OC(=O)N[C@H]1CCOc2c(C(=O)O)ccc(F)c21.Nc1ccc(F)c(Cl)c1. The third-order valence-corrected chi connectivity index (χ3v) is 8.85. The topological polar surface area (TPSA) is 188 Å². The summed E-state index contributed by atoms with van der Waals surface area (Å²) in [5, 5.41) is 16.8. The third-order valence-electron chi connectivity index (χ3n) is 8.27. The predicted octanol–water partition coefficient (Wildman–Crippen LogP) is 10.2. The van der Waals surface area contributed by atoms with Gasteiger partial charge in [0.15, 0.2) is 0 Å². The Morgan fingerprint density at radius 1 is 0.672 bits per heavy atom. The number of ether oxygens (including phenoxy) is 4. The highest BCUT2D eigenvalue weighted by Crippen LogP contribution is 2.39. The molecular weight excluding hydrogens is 851 g/mol. The summed E-state index contributed by atoms with van der Waals surface area (Å²) in [5.74, 6) is -4.11. The van der Waals surface area contributed by atoms with E-state index >= 15 is 0 Å². The van der Waals surface area contributed by atoms with Gasteiger partial charge < -0.3 is 45.7 Å². The second kappa shape index (κ2) is 20.1. The van der Waals surface area contributed by atoms with Crippen molar-refractivity contribution in [2.24, 2.45) is 0 Å². The summed E-state index contributed by atoms with van der Waals surface area (Å²) in [5.41, 5.74) is 4.67. The molecule has 0 unspecified atom stereocenters. The molecule has 19 heteroatoms. The molecule has 6 rings (SSSR count). The van der Waals surface area contributed by atoms with E-state index in [-0.39, 0.29) is 62.7 Å². The number of amides is 3. The highest BCUT2D eigenvalue weighted by Gasteiger charge is 2.33. The molecule has 6 N–H and O–H groups in total. The molecule has 61 heavy (non-hydrogen) atoms. The number of halogens is 6. The smallest absolute Gasteiger partial charge is 0.408 e. The van der Waals surface area contributed by atoms with Gasteiger partial charge in [-0.15, -0.1) is 0 Å². The number of nitrogens with two attached hydrogens (primary N) is 1. The minimum absolute atomic E-state index is 0.0352. The Bertz CT molecular complexity index is 2290. The van der Waals surface area contributed by atoms with Crippen LogP contribution in [0, 0.1) is 23.3 Å². The van der Waals surface area contributed by atoms with Crippen molar-refractivity contribution in [1.82, 2.24) is 10.6 Å². The van der Waals surface area contributed by atoms with Crippen molar-refractivity contribution >= 4 is 58.6 Å². The summed E-state index contributed by atoms with van der Waals surface area (Å²) >= 11 is 11.1. The first-order valence-corrected chi connectivity index (χ1v) is 19.3. The quantitative estimate of drug-likeness (QED) is 0.0953. The van der Waals surface area contributed by atoms with Crippen molar-refractivity contribution in [2.45, 2.75) is 77.7 Å². The molecule has 13 nitrogen and oxygen atoms in total. The number of alkyl carbamates (subject to hydrolysis) is 2. The number of anilines is 2. The van der Waals surface area contributed by atoms with Crippen LogP contribution >= 0.6 is 23.2 Å². The van der Waals surface area contributed by atoms with Gasteiger partial charge >= 0.3 is 18.2 Å². The molecule has 0 saturated carbocycles. The molecule has 3 amide bonds. The lowest BCUT2D eigenvalue weighted by atomic mass is 9.96. The van der Waals surface area contributed by atoms with Crippen LogP contribution in [0.25, 0.3) is 0 Å². The summed E-state index contributed by atoms with van der Waals surface area (Å²) < 4.78 is 75.6. The monoisotopic (exact) mass is 894 g/mol. The number of carboxylic acid groups (broad SMARTS) is 1. The molecule has 4 aromatic rings. The molecule has 4 aromatic carbocycles. The molecule has 2 atom stereocenters. The van der Waals surface area contributed by atoms with Crippen LogP contribution in [0.3, 0.4) is 0 Å². The van der Waals surface area contributed by atoms with Crippen molar-refractivity contribution < 1.29 is 60.8 Å². The summed E-state index contributed by atoms with van der Waals surface area (Å²) in [6.45, 7) is 10.6. The second-order valence-corrected chi connectivity index (χ2v) is 16.2. The largest absolute Gasteiger partial charge is 0.492 e. The van der Waals surface area contributed by atoms with Gasteiger partial charge in [-0.3, -0.25) is 4.79 Å². The van der Waals surface area contributed by atoms with Crippen LogP contribution in [-0.2, 0) is 9.47 Å². The molecule has 0 aromatic heterocycles. The molecule has 2 heterocycles. The maximum absolute atomic E-state index is 14.6. The van der Waals surface area contributed by atoms with Gasteiger partial charge in [0.2, 0.25) is 0 Å². The lowest BCUT2D eigenvalue weighted by Gasteiger charge is -2.29. The zero-order chi connectivity index (χ0) is 45.4. The summed E-state index contributed by atoms with van der Waals surface area (Å²) in [6, 6.07) is 11.0. The number of carbonyl (C=O) groups is 4. The molecule has 0 saturated heterocycles. The number of carbonyl (C=O) groups excluding carboxylic acids is 3. The van der Waals surface area contributed by atoms with Crippen LogP contribution in [0.1, 0.15) is 98.3 Å². The number of fused-ring (bicyclic) bond motifs is 2. The van der Waals surface area contributed by atoms with Gasteiger partial charge in [-0.1, -0.05) is 23.2 Å². The number of hydrogen-bond donors (Lipinski definition) is 5. The Labute approximate surface area is 358 Å². The predicted molar refractivity (Wildman–Crippen MR) is 219 cm³/mol. The Morgan fingerprint density at radius 3 is 1.52 bits per heavy atom. The van der Waals surface area contributed by atoms with Gasteiger partial charge in [0.1, 0.15) is 51.5 Å². The zero-order valence-electron chi connectivity index (χ0n) is 33.8. The fraction of sp³-hybridized carbons (Fsp3) is 0.333. The van der Waals surface area contributed by atoms with E-state index in [1.807, 2.05) is 0 Å². The average molecular weight is 896 g/mol. The van der Waals surface area contributed by atoms with Gasteiger partial charge in [0.05, 0.1) is 52.0 Å². The molecule has 328 valence electrons. The van der Waals surface area contributed by atoms with Crippen LogP contribution in [0.2, 0.25) is 10.0 Å². The summed E-state index contributed by atoms with van der Waals surface area (Å²) in [6.07, 6.45) is -0.755. The number of rotatable bonds is 5. The van der Waals surface area contributed by atoms with Gasteiger partial charge in [0, 0.05) is 24.2 Å². The highest BCUT2D eigenvalue weighted by molar-refractivity contribution is 6.31. The van der Waals surface area contributed by atoms with E-state index in [4.69, 9.17) is 53.0 Å². The molecule has 0 aliphatic carbocycles. The second-order valence-electron chi connectivity index (χ2n) is 15.4. The number of aromatic carboxylic acids is 1. The lowest BCUT2D eigenvalue weighted by Crippen LogP contribution is -2.37. The van der Waals surface area contributed by atoms with E-state index in [0.717, 1.165) is 24.3 Å². The minimum atomic E-state index is -1.21. The fourth-order valence-corrected chi connectivity index (χ4v) is 6.15. The van der Waals surface area contributed by atoms with Crippen molar-refractivity contribution in [3.8, 4) is 11.5 Å². The van der Waals surface area contributed by atoms with E-state index in [2.05, 4.69) is 16.0 Å².